The Morgan fingerprint density at radius 1 is 0.896 bits per heavy atom. The summed E-state index contributed by atoms with van der Waals surface area (Å²) in [6.45, 7) is 4.02. The normalized spacial score (nSPS) is 12.3. The molecule has 1 heterocycles. The van der Waals surface area contributed by atoms with Crippen LogP contribution >= 0.6 is 25.1 Å². The summed E-state index contributed by atoms with van der Waals surface area (Å²) >= 11 is 6.01. The SMILES string of the molecule is CC(C)C[C@@H](NC(=O)[C@H](Cc1ccccc1)NC(=O)CNC(=O)[C@@H](C)NC(=O)CNc1nc(N)c(C(=O)N=C(N)N)nc1Cl)C(=O)O.S. The van der Waals surface area contributed by atoms with Crippen LogP contribution in [-0.2, 0) is 30.4 Å². The summed E-state index contributed by atoms with van der Waals surface area (Å²) in [6, 6.07) is 5.39. The zero-order chi connectivity index (χ0) is 35.3. The molecule has 2 aromatic rings. The number of halogens is 1. The minimum atomic E-state index is -1.20. The second-order valence-electron chi connectivity index (χ2n) is 10.6. The van der Waals surface area contributed by atoms with Crippen molar-refractivity contribution in [1.82, 2.24) is 31.2 Å². The number of carbonyl (C=O) groups excluding carboxylic acids is 5. The summed E-state index contributed by atoms with van der Waals surface area (Å²) < 4.78 is 0. The van der Waals surface area contributed by atoms with Crippen LogP contribution in [0, 0.1) is 5.92 Å². The topological polar surface area (TPSA) is 299 Å². The number of anilines is 2. The third-order valence-electron chi connectivity index (χ3n) is 6.18. The second kappa shape index (κ2) is 19.5. The molecule has 3 atom stereocenters. The maximum Gasteiger partial charge on any atom is 0.326 e. The molecule has 48 heavy (non-hydrogen) atoms. The molecular weight excluding hydrogens is 670 g/mol. The van der Waals surface area contributed by atoms with E-state index in [2.05, 4.69) is 41.5 Å². The summed E-state index contributed by atoms with van der Waals surface area (Å²) in [5, 5.41) is 21.6. The number of nitrogens with one attached hydrogen (secondary N) is 5. The highest BCUT2D eigenvalue weighted by Gasteiger charge is 2.28. The van der Waals surface area contributed by atoms with Gasteiger partial charge in [-0.1, -0.05) is 55.8 Å². The van der Waals surface area contributed by atoms with Crippen LogP contribution in [0.4, 0.5) is 11.6 Å². The van der Waals surface area contributed by atoms with Gasteiger partial charge in [-0.05, 0) is 24.8 Å². The standard InChI is InChI=1S/C28H38ClN11O7.H2S/c1-13(2)9-17(27(46)47)37-25(44)16(10-15-7-5-4-6-8-15)36-19(42)12-34-24(43)14(3)35-18(41)11-33-23-21(29)38-20(22(30)39-23)26(45)40-28(31)32;/h4-8,13-14,16-17H,9-12H2,1-3H3,(H,34,43)(H,35,41)(H,36,42)(H,37,44)(H,46,47)(H3,30,33,39)(H4,31,32,40,45);1H2/t14-,16+,17-;/m1./s1. The van der Waals surface area contributed by atoms with E-state index in [1.165, 1.54) is 6.92 Å². The number of carbonyl (C=O) groups is 6. The number of aromatic nitrogens is 2. The lowest BCUT2D eigenvalue weighted by atomic mass is 10.0. The van der Waals surface area contributed by atoms with E-state index < -0.39 is 78.4 Å². The van der Waals surface area contributed by atoms with E-state index in [0.717, 1.165) is 0 Å². The molecule has 12 N–H and O–H groups in total. The van der Waals surface area contributed by atoms with Gasteiger partial charge >= 0.3 is 11.9 Å². The molecule has 0 unspecified atom stereocenters. The highest BCUT2D eigenvalue weighted by atomic mass is 35.5. The number of carboxylic acids is 1. The molecule has 0 fully saturated rings. The molecule has 0 aliphatic carbocycles. The Bertz CT molecular complexity index is 1510. The Morgan fingerprint density at radius 3 is 2.10 bits per heavy atom. The lowest BCUT2D eigenvalue weighted by molar-refractivity contribution is -0.142. The summed E-state index contributed by atoms with van der Waals surface area (Å²) in [5.74, 6) is -6.03. The van der Waals surface area contributed by atoms with Crippen molar-refractivity contribution in [3.63, 3.8) is 0 Å². The number of hydrogen-bond donors (Lipinski definition) is 9. The Kier molecular flexibility index (Phi) is 16.6. The van der Waals surface area contributed by atoms with Gasteiger partial charge in [-0.25, -0.2) is 14.8 Å². The van der Waals surface area contributed by atoms with Crippen LogP contribution in [0.25, 0.3) is 0 Å². The molecule has 0 aliphatic rings. The fraction of sp³-hybridized carbons (Fsp3) is 0.393. The number of hydrogen-bond acceptors (Lipinski definition) is 10. The highest BCUT2D eigenvalue weighted by Crippen LogP contribution is 2.20. The molecule has 1 aromatic carbocycles. The number of benzene rings is 1. The molecule has 5 amide bonds. The summed E-state index contributed by atoms with van der Waals surface area (Å²) in [4.78, 5) is 85.4. The van der Waals surface area contributed by atoms with Gasteiger partial charge in [0.05, 0.1) is 13.1 Å². The van der Waals surface area contributed by atoms with E-state index in [0.29, 0.717) is 5.56 Å². The lowest BCUT2D eigenvalue weighted by Crippen LogP contribution is -2.55. The van der Waals surface area contributed by atoms with Gasteiger partial charge in [0.1, 0.15) is 18.1 Å². The maximum atomic E-state index is 13.1. The average molecular weight is 710 g/mol. The third-order valence-corrected chi connectivity index (χ3v) is 6.44. The van der Waals surface area contributed by atoms with Gasteiger partial charge in [0.2, 0.25) is 23.6 Å². The van der Waals surface area contributed by atoms with Crippen LogP contribution in [0.15, 0.2) is 35.3 Å². The molecule has 0 radical (unpaired) electrons. The number of aliphatic carboxylic acids is 1. The first-order valence-corrected chi connectivity index (χ1v) is 14.6. The Hall–Kier alpha value is -5.17. The first-order chi connectivity index (χ1) is 22.1. The van der Waals surface area contributed by atoms with E-state index in [-0.39, 0.29) is 49.0 Å². The smallest absolute Gasteiger partial charge is 0.326 e. The molecule has 0 spiro atoms. The quantitative estimate of drug-likeness (QED) is 0.0718. The van der Waals surface area contributed by atoms with Gasteiger partial charge in [0, 0.05) is 6.42 Å². The number of carboxylic acid groups (broad SMARTS) is 1. The van der Waals surface area contributed by atoms with Crippen LogP contribution in [0.3, 0.4) is 0 Å². The number of nitrogens with zero attached hydrogens (tertiary/aromatic N) is 3. The first kappa shape index (κ1) is 40.9. The van der Waals surface area contributed by atoms with Gasteiger partial charge in [-0.15, -0.1) is 0 Å². The largest absolute Gasteiger partial charge is 0.480 e. The van der Waals surface area contributed by atoms with E-state index in [1.807, 2.05) is 13.8 Å². The van der Waals surface area contributed by atoms with Crippen molar-refractivity contribution < 1.29 is 33.9 Å². The molecule has 0 bridgehead atoms. The zero-order valence-corrected chi connectivity index (χ0v) is 28.1. The predicted molar refractivity (Wildman–Crippen MR) is 182 cm³/mol. The number of guanidine groups is 1. The zero-order valence-electron chi connectivity index (χ0n) is 26.4. The molecule has 2 rings (SSSR count). The minimum absolute atomic E-state index is 0. The highest BCUT2D eigenvalue weighted by molar-refractivity contribution is 7.59. The lowest BCUT2D eigenvalue weighted by Gasteiger charge is -2.23. The summed E-state index contributed by atoms with van der Waals surface area (Å²) in [7, 11) is 0. The van der Waals surface area contributed by atoms with Crippen molar-refractivity contribution in [2.24, 2.45) is 22.4 Å². The van der Waals surface area contributed by atoms with Crippen LogP contribution in [0.5, 0.6) is 0 Å². The van der Waals surface area contributed by atoms with Crippen LogP contribution in [0.2, 0.25) is 5.15 Å². The Morgan fingerprint density at radius 2 is 1.52 bits per heavy atom. The summed E-state index contributed by atoms with van der Waals surface area (Å²) in [6.07, 6.45) is 0.250. The van der Waals surface area contributed by atoms with Crippen molar-refractivity contribution in [2.45, 2.75) is 51.7 Å². The minimum Gasteiger partial charge on any atom is -0.480 e. The Balaban J connectivity index is 0.0000115. The third kappa shape index (κ3) is 13.7. The number of amides is 5. The number of nitrogens with two attached hydrogens (primary N) is 3. The summed E-state index contributed by atoms with van der Waals surface area (Å²) in [5.41, 5.74) is 16.3. The van der Waals surface area contributed by atoms with E-state index in [1.54, 1.807) is 30.3 Å². The van der Waals surface area contributed by atoms with Gasteiger partial charge in [0.25, 0.3) is 0 Å². The van der Waals surface area contributed by atoms with E-state index >= 15 is 0 Å². The molecule has 20 heteroatoms. The first-order valence-electron chi connectivity index (χ1n) is 14.2. The van der Waals surface area contributed by atoms with Crippen molar-refractivity contribution in [1.29, 1.82) is 0 Å². The van der Waals surface area contributed by atoms with Gasteiger partial charge in [0.15, 0.2) is 28.4 Å². The average Bonchev–Trinajstić information content (AvgIpc) is 2.99. The monoisotopic (exact) mass is 709 g/mol. The molecule has 262 valence electrons. The second-order valence-corrected chi connectivity index (χ2v) is 11.0. The van der Waals surface area contributed by atoms with Crippen molar-refractivity contribution in [2.75, 3.05) is 24.1 Å². The molecule has 0 saturated heterocycles. The molecule has 0 aliphatic heterocycles. The van der Waals surface area contributed by atoms with Gasteiger partial charge in [-0.2, -0.15) is 18.5 Å². The van der Waals surface area contributed by atoms with Gasteiger partial charge < -0.3 is 48.9 Å². The van der Waals surface area contributed by atoms with Crippen molar-refractivity contribution >= 4 is 78.2 Å². The number of rotatable bonds is 16. The van der Waals surface area contributed by atoms with Crippen molar-refractivity contribution in [3.05, 3.63) is 46.7 Å². The molecule has 0 saturated carbocycles. The molecule has 1 aromatic heterocycles. The maximum absolute atomic E-state index is 13.1. The number of nitrogen functional groups attached to an aromatic ring is 1. The van der Waals surface area contributed by atoms with Crippen LogP contribution < -0.4 is 43.8 Å². The molecular formula is C28H40ClN11O7S. The Labute approximate surface area is 287 Å². The fourth-order valence-electron chi connectivity index (χ4n) is 3.98. The van der Waals surface area contributed by atoms with E-state index in [9.17, 15) is 33.9 Å². The van der Waals surface area contributed by atoms with Gasteiger partial charge in [-0.3, -0.25) is 24.0 Å². The molecule has 18 nitrogen and oxygen atoms in total. The van der Waals surface area contributed by atoms with Crippen molar-refractivity contribution in [3.8, 4) is 0 Å². The van der Waals surface area contributed by atoms with E-state index in [4.69, 9.17) is 28.8 Å². The number of aliphatic imine (C=N–C) groups is 1. The van der Waals surface area contributed by atoms with Crippen LogP contribution in [0.1, 0.15) is 43.2 Å². The fourth-order valence-corrected chi connectivity index (χ4v) is 4.17. The predicted octanol–water partition coefficient (Wildman–Crippen LogP) is -1.39. The van der Waals surface area contributed by atoms with Crippen LogP contribution in [-0.4, -0.2) is 87.8 Å².